The number of carbonyl (C=O) groups excluding carboxylic acids is 2. The molecule has 0 heterocycles. The SMILES string of the molecule is CSc1ccccc1NC(=O)C(CC(=O)O)NC(=O)OCC1c2ccccc2-c2ccccc21. The zero-order valence-electron chi connectivity index (χ0n) is 18.5. The van der Waals surface area contributed by atoms with Crippen molar-refractivity contribution in [2.45, 2.75) is 23.3 Å². The van der Waals surface area contributed by atoms with Crippen molar-refractivity contribution in [3.05, 3.63) is 83.9 Å². The highest BCUT2D eigenvalue weighted by Crippen LogP contribution is 2.44. The summed E-state index contributed by atoms with van der Waals surface area (Å²) < 4.78 is 5.47. The smallest absolute Gasteiger partial charge is 0.407 e. The lowest BCUT2D eigenvalue weighted by atomic mass is 9.98. The van der Waals surface area contributed by atoms with Crippen LogP contribution in [0.15, 0.2) is 77.7 Å². The Balaban J connectivity index is 1.44. The molecule has 2 amide bonds. The van der Waals surface area contributed by atoms with Crippen molar-refractivity contribution in [3.63, 3.8) is 0 Å². The van der Waals surface area contributed by atoms with E-state index in [1.807, 2.05) is 66.9 Å². The molecular formula is C26H24N2O5S. The number of hydrogen-bond acceptors (Lipinski definition) is 5. The van der Waals surface area contributed by atoms with Gasteiger partial charge >= 0.3 is 12.1 Å². The zero-order chi connectivity index (χ0) is 24.1. The van der Waals surface area contributed by atoms with Crippen molar-refractivity contribution in [1.82, 2.24) is 5.32 Å². The van der Waals surface area contributed by atoms with Crippen LogP contribution in [0.25, 0.3) is 11.1 Å². The average molecular weight is 477 g/mol. The van der Waals surface area contributed by atoms with Gasteiger partial charge < -0.3 is 20.5 Å². The van der Waals surface area contributed by atoms with E-state index in [4.69, 9.17) is 4.74 Å². The number of carboxylic acid groups (broad SMARTS) is 1. The van der Waals surface area contributed by atoms with Gasteiger partial charge in [-0.3, -0.25) is 9.59 Å². The van der Waals surface area contributed by atoms with E-state index in [1.165, 1.54) is 11.8 Å². The molecule has 0 saturated carbocycles. The Bertz CT molecular complexity index is 1180. The fourth-order valence-corrected chi connectivity index (χ4v) is 4.69. The first kappa shape index (κ1) is 23.4. The summed E-state index contributed by atoms with van der Waals surface area (Å²) >= 11 is 1.44. The Morgan fingerprint density at radius 3 is 2.15 bits per heavy atom. The highest BCUT2D eigenvalue weighted by Gasteiger charge is 2.30. The predicted molar refractivity (Wildman–Crippen MR) is 131 cm³/mol. The maximum absolute atomic E-state index is 12.8. The summed E-state index contributed by atoms with van der Waals surface area (Å²) in [5.74, 6) is -1.98. The average Bonchev–Trinajstić information content (AvgIpc) is 3.16. The second-order valence-corrected chi connectivity index (χ2v) is 8.66. The molecule has 3 aromatic carbocycles. The quantitative estimate of drug-likeness (QED) is 0.406. The molecule has 174 valence electrons. The number of fused-ring (bicyclic) bond motifs is 3. The van der Waals surface area contributed by atoms with Gasteiger partial charge in [-0.1, -0.05) is 60.7 Å². The van der Waals surface area contributed by atoms with Gasteiger partial charge in [0.05, 0.1) is 12.1 Å². The topological polar surface area (TPSA) is 105 Å². The van der Waals surface area contributed by atoms with E-state index in [9.17, 15) is 19.5 Å². The summed E-state index contributed by atoms with van der Waals surface area (Å²) in [6.07, 6.45) is 0.452. The second kappa shape index (κ2) is 10.4. The number of carbonyl (C=O) groups is 3. The minimum atomic E-state index is -1.29. The number of anilines is 1. The van der Waals surface area contributed by atoms with Crippen molar-refractivity contribution in [3.8, 4) is 11.1 Å². The zero-order valence-corrected chi connectivity index (χ0v) is 19.3. The predicted octanol–water partition coefficient (Wildman–Crippen LogP) is 4.73. The molecule has 3 aromatic rings. The van der Waals surface area contributed by atoms with E-state index in [0.717, 1.165) is 27.1 Å². The third-order valence-electron chi connectivity index (χ3n) is 5.70. The van der Waals surface area contributed by atoms with Crippen LogP contribution in [0, 0.1) is 0 Å². The van der Waals surface area contributed by atoms with Crippen molar-refractivity contribution in [1.29, 1.82) is 0 Å². The molecule has 34 heavy (non-hydrogen) atoms. The van der Waals surface area contributed by atoms with Gasteiger partial charge in [0.15, 0.2) is 0 Å². The number of thioether (sulfide) groups is 1. The molecule has 0 radical (unpaired) electrons. The molecule has 0 spiro atoms. The van der Waals surface area contributed by atoms with Crippen molar-refractivity contribution in [2.24, 2.45) is 0 Å². The molecule has 1 unspecified atom stereocenters. The highest BCUT2D eigenvalue weighted by atomic mass is 32.2. The normalized spacial score (nSPS) is 12.9. The van der Waals surface area contributed by atoms with Crippen LogP contribution in [-0.2, 0) is 14.3 Å². The standard InChI is InChI=1S/C26H24N2O5S/c1-34-23-13-7-6-12-21(23)27-25(31)22(14-24(29)30)28-26(32)33-15-20-18-10-4-2-8-16(18)17-9-3-5-11-19(17)20/h2-13,20,22H,14-15H2,1H3,(H,27,31)(H,28,32)(H,29,30). The molecule has 0 saturated heterocycles. The number of aliphatic carboxylic acids is 1. The molecule has 0 aromatic heterocycles. The number of alkyl carbamates (subject to hydrolysis) is 1. The molecule has 0 aliphatic heterocycles. The van der Waals surface area contributed by atoms with Crippen LogP contribution < -0.4 is 10.6 Å². The summed E-state index contributed by atoms with van der Waals surface area (Å²) in [5.41, 5.74) is 4.87. The van der Waals surface area contributed by atoms with Gasteiger partial charge in [0, 0.05) is 10.8 Å². The molecule has 1 atom stereocenters. The first-order valence-electron chi connectivity index (χ1n) is 10.7. The van der Waals surface area contributed by atoms with E-state index in [2.05, 4.69) is 10.6 Å². The van der Waals surface area contributed by atoms with Gasteiger partial charge in [-0.05, 0) is 40.6 Å². The Kier molecular flexibility index (Phi) is 7.18. The Labute approximate surface area is 201 Å². The Morgan fingerprint density at radius 2 is 1.53 bits per heavy atom. The van der Waals surface area contributed by atoms with E-state index in [-0.39, 0.29) is 12.5 Å². The van der Waals surface area contributed by atoms with Crippen LogP contribution in [0.5, 0.6) is 0 Å². The van der Waals surface area contributed by atoms with Crippen LogP contribution >= 0.6 is 11.8 Å². The molecule has 7 nitrogen and oxygen atoms in total. The van der Waals surface area contributed by atoms with Gasteiger partial charge in [-0.15, -0.1) is 11.8 Å². The fraction of sp³-hybridized carbons (Fsp3) is 0.192. The number of ether oxygens (including phenoxy) is 1. The molecule has 1 aliphatic carbocycles. The van der Waals surface area contributed by atoms with Crippen molar-refractivity contribution < 1.29 is 24.2 Å². The van der Waals surface area contributed by atoms with Crippen LogP contribution in [0.1, 0.15) is 23.5 Å². The largest absolute Gasteiger partial charge is 0.481 e. The number of para-hydroxylation sites is 1. The highest BCUT2D eigenvalue weighted by molar-refractivity contribution is 7.98. The summed E-state index contributed by atoms with van der Waals surface area (Å²) in [5, 5.41) is 14.4. The summed E-state index contributed by atoms with van der Waals surface area (Å²) in [6, 6.07) is 21.8. The number of rotatable bonds is 8. The lowest BCUT2D eigenvalue weighted by molar-refractivity contribution is -0.139. The van der Waals surface area contributed by atoms with Crippen molar-refractivity contribution in [2.75, 3.05) is 18.2 Å². The third kappa shape index (κ3) is 5.07. The van der Waals surface area contributed by atoms with E-state index >= 15 is 0 Å². The maximum Gasteiger partial charge on any atom is 0.407 e. The molecule has 8 heteroatoms. The maximum atomic E-state index is 12.8. The summed E-state index contributed by atoms with van der Waals surface area (Å²) in [6.45, 7) is 0.0661. The first-order valence-corrected chi connectivity index (χ1v) is 12.0. The number of carboxylic acids is 1. The van der Waals surface area contributed by atoms with Gasteiger partial charge in [0.2, 0.25) is 5.91 Å². The van der Waals surface area contributed by atoms with Gasteiger partial charge in [-0.2, -0.15) is 0 Å². The lowest BCUT2D eigenvalue weighted by Gasteiger charge is -2.19. The van der Waals surface area contributed by atoms with E-state index < -0.39 is 30.4 Å². The number of benzene rings is 3. The lowest BCUT2D eigenvalue weighted by Crippen LogP contribution is -2.45. The third-order valence-corrected chi connectivity index (χ3v) is 6.49. The monoisotopic (exact) mass is 476 g/mol. The second-order valence-electron chi connectivity index (χ2n) is 7.81. The van der Waals surface area contributed by atoms with Crippen LogP contribution in [-0.4, -0.2) is 42.0 Å². The van der Waals surface area contributed by atoms with Crippen LogP contribution in [0.4, 0.5) is 10.5 Å². The molecule has 0 fully saturated rings. The van der Waals surface area contributed by atoms with Crippen LogP contribution in [0.3, 0.4) is 0 Å². The number of hydrogen-bond donors (Lipinski definition) is 3. The first-order chi connectivity index (χ1) is 16.5. The minimum absolute atomic E-state index is 0.0661. The van der Waals surface area contributed by atoms with Crippen LogP contribution in [0.2, 0.25) is 0 Å². The summed E-state index contributed by atoms with van der Waals surface area (Å²) in [4.78, 5) is 37.5. The Hall–Kier alpha value is -3.78. The van der Waals surface area contributed by atoms with E-state index in [1.54, 1.807) is 12.1 Å². The van der Waals surface area contributed by atoms with Gasteiger partial charge in [0.25, 0.3) is 0 Å². The fourth-order valence-electron chi connectivity index (χ4n) is 4.13. The number of amides is 2. The van der Waals surface area contributed by atoms with Crippen molar-refractivity contribution >= 4 is 35.4 Å². The molecule has 1 aliphatic rings. The molecule has 3 N–H and O–H groups in total. The molecule has 4 rings (SSSR count). The molecular weight excluding hydrogens is 452 g/mol. The van der Waals surface area contributed by atoms with E-state index in [0.29, 0.717) is 5.69 Å². The Morgan fingerprint density at radius 1 is 0.941 bits per heavy atom. The number of nitrogens with one attached hydrogen (secondary N) is 2. The molecule has 0 bridgehead atoms. The van der Waals surface area contributed by atoms with Gasteiger partial charge in [-0.25, -0.2) is 4.79 Å². The minimum Gasteiger partial charge on any atom is -0.481 e. The van der Waals surface area contributed by atoms with Gasteiger partial charge in [0.1, 0.15) is 12.6 Å². The summed E-state index contributed by atoms with van der Waals surface area (Å²) in [7, 11) is 0.